The van der Waals surface area contributed by atoms with Crippen LogP contribution < -0.4 is 10.6 Å². The number of fused-ring (bicyclic) bond motifs is 3. The maximum Gasteiger partial charge on any atom is 0.407 e. The van der Waals surface area contributed by atoms with Gasteiger partial charge in [-0.05, 0) is 67.6 Å². The highest BCUT2D eigenvalue weighted by molar-refractivity contribution is 5.90. The van der Waals surface area contributed by atoms with Crippen molar-refractivity contribution in [2.24, 2.45) is 0 Å². The van der Waals surface area contributed by atoms with Crippen molar-refractivity contribution in [1.82, 2.24) is 10.6 Å². The molecule has 0 aliphatic heterocycles. The van der Waals surface area contributed by atoms with Crippen molar-refractivity contribution in [3.8, 4) is 11.1 Å². The molecule has 1 aliphatic rings. The van der Waals surface area contributed by atoms with E-state index < -0.39 is 41.6 Å². The zero-order valence-corrected chi connectivity index (χ0v) is 24.4. The number of hydrogen-bond acceptors (Lipinski definition) is 7. The maximum absolute atomic E-state index is 12.9. The second-order valence-electron chi connectivity index (χ2n) is 11.2. The lowest BCUT2D eigenvalue weighted by atomic mass is 9.98. The van der Waals surface area contributed by atoms with Crippen LogP contribution in [0.25, 0.3) is 11.1 Å². The number of methoxy groups -OCH3 is 1. The Morgan fingerprint density at radius 2 is 1.40 bits per heavy atom. The highest BCUT2D eigenvalue weighted by Gasteiger charge is 2.30. The van der Waals surface area contributed by atoms with E-state index in [4.69, 9.17) is 14.2 Å². The minimum atomic E-state index is -1.01. The second-order valence-corrected chi connectivity index (χ2v) is 11.2. The summed E-state index contributed by atoms with van der Waals surface area (Å²) in [5.74, 6) is -1.80. The lowest BCUT2D eigenvalue weighted by molar-refractivity contribution is -0.145. The molecule has 0 saturated heterocycles. The molecule has 0 fully saturated rings. The molecular weight excluding hydrogens is 536 g/mol. The number of carbonyl (C=O) groups is 4. The van der Waals surface area contributed by atoms with Crippen LogP contribution in [0.15, 0.2) is 72.8 Å². The first kappa shape index (κ1) is 30.3. The minimum absolute atomic E-state index is 0.109. The van der Waals surface area contributed by atoms with Crippen LogP contribution in [0.5, 0.6) is 0 Å². The van der Waals surface area contributed by atoms with Gasteiger partial charge in [0.15, 0.2) is 0 Å². The Hall–Kier alpha value is -4.66. The first-order chi connectivity index (χ1) is 20.0. The highest BCUT2D eigenvalue weighted by Crippen LogP contribution is 2.44. The summed E-state index contributed by atoms with van der Waals surface area (Å²) in [6.45, 7) is 6.96. The van der Waals surface area contributed by atoms with E-state index in [2.05, 4.69) is 10.6 Å². The third kappa shape index (κ3) is 7.34. The molecule has 1 aliphatic carbocycles. The number of rotatable bonds is 9. The number of hydrogen-bond donors (Lipinski definition) is 2. The molecule has 3 aromatic rings. The minimum Gasteiger partial charge on any atom is -0.467 e. The van der Waals surface area contributed by atoms with E-state index in [1.807, 2.05) is 48.5 Å². The summed E-state index contributed by atoms with van der Waals surface area (Å²) < 4.78 is 15.8. The third-order valence-electron chi connectivity index (χ3n) is 6.90. The number of alkyl carbamates (subject to hydrolysis) is 1. The smallest absolute Gasteiger partial charge is 0.407 e. The van der Waals surface area contributed by atoms with Crippen molar-refractivity contribution in [1.29, 1.82) is 0 Å². The van der Waals surface area contributed by atoms with Crippen molar-refractivity contribution in [2.45, 2.75) is 57.7 Å². The maximum atomic E-state index is 12.9. The molecule has 9 nitrogen and oxygen atoms in total. The Morgan fingerprint density at radius 1 is 0.833 bits per heavy atom. The van der Waals surface area contributed by atoms with Crippen LogP contribution in [0, 0.1) is 0 Å². The van der Waals surface area contributed by atoms with Gasteiger partial charge in [0.2, 0.25) is 5.91 Å². The Balaban J connectivity index is 1.33. The standard InChI is InChI=1S/C33H36N2O7/c1-20(34-32(39)41-19-27-25-12-8-6-10-23(25)24-11-7-9-13-26(24)27)29(36)35-28(31(38)40-5)18-21-14-16-22(17-15-21)30(37)42-33(2,3)4/h6-17,20,27-28H,18-19H2,1-5H3,(H,34,39)(H,35,36). The molecule has 2 unspecified atom stereocenters. The molecule has 220 valence electrons. The SMILES string of the molecule is COC(=O)C(Cc1ccc(C(=O)OC(C)(C)C)cc1)NC(=O)C(C)NC(=O)OCC1c2ccccc2-c2ccccc21. The van der Waals surface area contributed by atoms with Gasteiger partial charge in [0, 0.05) is 12.3 Å². The van der Waals surface area contributed by atoms with Gasteiger partial charge >= 0.3 is 18.0 Å². The van der Waals surface area contributed by atoms with Gasteiger partial charge in [-0.25, -0.2) is 14.4 Å². The number of amides is 2. The summed E-state index contributed by atoms with van der Waals surface area (Å²) in [7, 11) is 1.23. The van der Waals surface area contributed by atoms with Crippen molar-refractivity contribution in [2.75, 3.05) is 13.7 Å². The number of nitrogens with one attached hydrogen (secondary N) is 2. The Labute approximate surface area is 245 Å². The number of benzene rings is 3. The Morgan fingerprint density at radius 3 is 1.95 bits per heavy atom. The molecule has 2 N–H and O–H groups in total. The molecule has 0 radical (unpaired) electrons. The van der Waals surface area contributed by atoms with Gasteiger partial charge in [-0.15, -0.1) is 0 Å². The predicted octanol–water partition coefficient (Wildman–Crippen LogP) is 4.77. The van der Waals surface area contributed by atoms with Crippen LogP contribution >= 0.6 is 0 Å². The van der Waals surface area contributed by atoms with E-state index in [0.717, 1.165) is 22.3 Å². The van der Waals surface area contributed by atoms with Gasteiger partial charge in [-0.1, -0.05) is 60.7 Å². The molecule has 0 spiro atoms. The molecule has 2 amide bonds. The molecule has 2 atom stereocenters. The first-order valence-corrected chi connectivity index (χ1v) is 13.8. The lowest BCUT2D eigenvalue weighted by Crippen LogP contribution is -2.51. The average Bonchev–Trinajstić information content (AvgIpc) is 3.28. The highest BCUT2D eigenvalue weighted by atomic mass is 16.6. The fraction of sp³-hybridized carbons (Fsp3) is 0.333. The van der Waals surface area contributed by atoms with Crippen LogP contribution in [0.2, 0.25) is 0 Å². The second kappa shape index (κ2) is 12.9. The van der Waals surface area contributed by atoms with Crippen LogP contribution in [0.1, 0.15) is 60.7 Å². The van der Waals surface area contributed by atoms with E-state index >= 15 is 0 Å². The van der Waals surface area contributed by atoms with E-state index in [0.29, 0.717) is 11.1 Å². The van der Waals surface area contributed by atoms with E-state index in [1.165, 1.54) is 14.0 Å². The predicted molar refractivity (Wildman–Crippen MR) is 157 cm³/mol. The van der Waals surface area contributed by atoms with Crippen molar-refractivity contribution in [3.63, 3.8) is 0 Å². The van der Waals surface area contributed by atoms with Crippen LogP contribution in [-0.2, 0) is 30.2 Å². The fourth-order valence-corrected chi connectivity index (χ4v) is 4.86. The van der Waals surface area contributed by atoms with Gasteiger partial charge in [0.1, 0.15) is 24.3 Å². The van der Waals surface area contributed by atoms with E-state index in [9.17, 15) is 19.2 Å². The Bertz CT molecular complexity index is 1410. The topological polar surface area (TPSA) is 120 Å². The summed E-state index contributed by atoms with van der Waals surface area (Å²) in [5, 5.41) is 5.18. The van der Waals surface area contributed by atoms with Gasteiger partial charge in [0.05, 0.1) is 12.7 Å². The van der Waals surface area contributed by atoms with Gasteiger partial charge in [-0.2, -0.15) is 0 Å². The van der Waals surface area contributed by atoms with Crippen LogP contribution in [0.4, 0.5) is 4.79 Å². The molecule has 0 aromatic heterocycles. The third-order valence-corrected chi connectivity index (χ3v) is 6.90. The van der Waals surface area contributed by atoms with Gasteiger partial charge in [0.25, 0.3) is 0 Å². The lowest BCUT2D eigenvalue weighted by Gasteiger charge is -2.21. The number of ether oxygens (including phenoxy) is 3. The molecular formula is C33H36N2O7. The molecule has 9 heteroatoms. The zero-order chi connectivity index (χ0) is 30.4. The molecule has 42 heavy (non-hydrogen) atoms. The molecule has 0 saturated carbocycles. The summed E-state index contributed by atoms with van der Waals surface area (Å²) in [5.41, 5.74) is 4.82. The number of esters is 2. The Kier molecular flexibility index (Phi) is 9.30. The van der Waals surface area contributed by atoms with Crippen molar-refractivity contribution < 1.29 is 33.4 Å². The van der Waals surface area contributed by atoms with Crippen LogP contribution in [-0.4, -0.2) is 55.3 Å². The average molecular weight is 573 g/mol. The fourth-order valence-electron chi connectivity index (χ4n) is 4.86. The van der Waals surface area contributed by atoms with E-state index in [1.54, 1.807) is 45.0 Å². The van der Waals surface area contributed by atoms with Gasteiger partial charge in [-0.3, -0.25) is 4.79 Å². The quantitative estimate of drug-likeness (QED) is 0.280. The molecule has 0 bridgehead atoms. The summed E-state index contributed by atoms with van der Waals surface area (Å²) in [6, 6.07) is 20.6. The van der Waals surface area contributed by atoms with Gasteiger partial charge < -0.3 is 24.8 Å². The molecule has 4 rings (SSSR count). The zero-order valence-electron chi connectivity index (χ0n) is 24.4. The molecule has 0 heterocycles. The number of carbonyl (C=O) groups excluding carboxylic acids is 4. The molecule has 3 aromatic carbocycles. The van der Waals surface area contributed by atoms with Crippen LogP contribution in [0.3, 0.4) is 0 Å². The summed E-state index contributed by atoms with van der Waals surface area (Å²) in [6.07, 6.45) is -0.628. The summed E-state index contributed by atoms with van der Waals surface area (Å²) in [4.78, 5) is 50.3. The first-order valence-electron chi connectivity index (χ1n) is 13.8. The van der Waals surface area contributed by atoms with Crippen molar-refractivity contribution >= 4 is 23.9 Å². The van der Waals surface area contributed by atoms with E-state index in [-0.39, 0.29) is 18.9 Å². The largest absolute Gasteiger partial charge is 0.467 e. The summed E-state index contributed by atoms with van der Waals surface area (Å²) >= 11 is 0. The normalized spacial score (nSPS) is 13.6. The monoisotopic (exact) mass is 572 g/mol. The van der Waals surface area contributed by atoms with Crippen molar-refractivity contribution in [3.05, 3.63) is 95.1 Å².